The number of hydrogen-bond donors (Lipinski definition) is 2. The Morgan fingerprint density at radius 2 is 2.25 bits per heavy atom. The van der Waals surface area contributed by atoms with Crippen LogP contribution in [0.15, 0.2) is 12.1 Å². The van der Waals surface area contributed by atoms with E-state index in [0.29, 0.717) is 19.1 Å². The third-order valence-corrected chi connectivity index (χ3v) is 4.74. The van der Waals surface area contributed by atoms with Gasteiger partial charge in [-0.3, -0.25) is 9.69 Å². The van der Waals surface area contributed by atoms with E-state index in [1.165, 1.54) is 9.75 Å². The molecule has 0 bridgehead atoms. The van der Waals surface area contributed by atoms with E-state index < -0.39 is 0 Å². The molecule has 2 rings (SSSR count). The summed E-state index contributed by atoms with van der Waals surface area (Å²) in [6, 6.07) is 4.69. The summed E-state index contributed by atoms with van der Waals surface area (Å²) in [6.07, 6.45) is 1.07. The molecular formula is C14H24ClN3OS. The predicted octanol–water partition coefficient (Wildman–Crippen LogP) is 1.64. The second-order valence-corrected chi connectivity index (χ2v) is 6.27. The van der Waals surface area contributed by atoms with Crippen LogP contribution in [-0.4, -0.2) is 43.0 Å². The van der Waals surface area contributed by atoms with Crippen molar-refractivity contribution in [1.82, 2.24) is 15.5 Å². The number of nitrogens with zero attached hydrogens (tertiary/aromatic N) is 1. The second kappa shape index (κ2) is 8.62. The van der Waals surface area contributed by atoms with Crippen LogP contribution in [0.25, 0.3) is 0 Å². The molecule has 0 spiro atoms. The van der Waals surface area contributed by atoms with Gasteiger partial charge in [-0.1, -0.05) is 6.92 Å². The molecule has 4 nitrogen and oxygen atoms in total. The zero-order valence-corrected chi connectivity index (χ0v) is 13.8. The number of nitrogens with one attached hydrogen (secondary N) is 2. The number of carbonyl (C=O) groups is 1. The van der Waals surface area contributed by atoms with Gasteiger partial charge < -0.3 is 10.6 Å². The zero-order valence-electron chi connectivity index (χ0n) is 12.1. The number of aryl methyl sites for hydroxylation is 1. The maximum absolute atomic E-state index is 11.9. The Morgan fingerprint density at radius 1 is 1.50 bits per heavy atom. The van der Waals surface area contributed by atoms with E-state index in [0.717, 1.165) is 26.1 Å². The van der Waals surface area contributed by atoms with E-state index in [-0.39, 0.29) is 18.3 Å². The summed E-state index contributed by atoms with van der Waals surface area (Å²) in [6.45, 7) is 8.37. The van der Waals surface area contributed by atoms with Crippen molar-refractivity contribution in [1.29, 1.82) is 0 Å². The number of rotatable bonds is 5. The molecule has 2 heterocycles. The molecule has 1 aromatic heterocycles. The van der Waals surface area contributed by atoms with E-state index in [1.807, 2.05) is 0 Å². The highest BCUT2D eigenvalue weighted by Crippen LogP contribution is 2.16. The first-order valence-corrected chi connectivity index (χ1v) is 7.79. The molecule has 1 amide bonds. The number of hydrogen-bond acceptors (Lipinski definition) is 4. The summed E-state index contributed by atoms with van der Waals surface area (Å²) in [5.41, 5.74) is 0. The van der Waals surface area contributed by atoms with Crippen LogP contribution < -0.4 is 10.6 Å². The normalized spacial score (nSPS) is 19.4. The fourth-order valence-electron chi connectivity index (χ4n) is 2.25. The maximum Gasteiger partial charge on any atom is 0.234 e. The van der Waals surface area contributed by atoms with Crippen LogP contribution in [0.3, 0.4) is 0 Å². The van der Waals surface area contributed by atoms with Crippen molar-refractivity contribution in [2.24, 2.45) is 0 Å². The van der Waals surface area contributed by atoms with Crippen molar-refractivity contribution in [3.8, 4) is 0 Å². The van der Waals surface area contributed by atoms with E-state index in [9.17, 15) is 4.79 Å². The third kappa shape index (κ3) is 5.05. The summed E-state index contributed by atoms with van der Waals surface area (Å²) < 4.78 is 0. The first-order valence-electron chi connectivity index (χ1n) is 6.98. The molecule has 20 heavy (non-hydrogen) atoms. The molecule has 0 aliphatic carbocycles. The minimum atomic E-state index is 0. The topological polar surface area (TPSA) is 44.4 Å². The largest absolute Gasteiger partial charge is 0.350 e. The minimum absolute atomic E-state index is 0. The van der Waals surface area contributed by atoms with Crippen LogP contribution in [0.1, 0.15) is 23.6 Å². The van der Waals surface area contributed by atoms with Crippen LogP contribution >= 0.6 is 23.7 Å². The van der Waals surface area contributed by atoms with Crippen molar-refractivity contribution in [3.05, 3.63) is 21.9 Å². The van der Waals surface area contributed by atoms with Gasteiger partial charge in [-0.25, -0.2) is 0 Å². The van der Waals surface area contributed by atoms with Crippen LogP contribution in [0.5, 0.6) is 0 Å². The Labute approximate surface area is 131 Å². The first kappa shape index (κ1) is 17.4. The molecule has 0 radical (unpaired) electrons. The Kier molecular flexibility index (Phi) is 7.51. The van der Waals surface area contributed by atoms with Gasteiger partial charge in [-0.15, -0.1) is 23.7 Å². The fourth-order valence-corrected chi connectivity index (χ4v) is 3.15. The molecule has 1 atom stereocenters. The Morgan fingerprint density at radius 3 is 2.90 bits per heavy atom. The van der Waals surface area contributed by atoms with E-state index >= 15 is 0 Å². The van der Waals surface area contributed by atoms with Gasteiger partial charge in [0.2, 0.25) is 5.91 Å². The van der Waals surface area contributed by atoms with Gasteiger partial charge >= 0.3 is 0 Å². The highest BCUT2D eigenvalue weighted by Gasteiger charge is 2.19. The Hall–Kier alpha value is -0.620. The van der Waals surface area contributed by atoms with Gasteiger partial charge in [-0.2, -0.15) is 0 Å². The summed E-state index contributed by atoms with van der Waals surface area (Å²) in [4.78, 5) is 16.8. The van der Waals surface area contributed by atoms with Gasteiger partial charge in [0.25, 0.3) is 0 Å². The summed E-state index contributed by atoms with van der Waals surface area (Å²) >= 11 is 1.78. The number of piperazine rings is 1. The minimum Gasteiger partial charge on any atom is -0.350 e. The zero-order chi connectivity index (χ0) is 13.7. The van der Waals surface area contributed by atoms with Gasteiger partial charge in [0, 0.05) is 35.4 Å². The SMILES string of the molecule is CCc1ccc(CNC(=O)CN2CCNC[C@H]2C)s1.Cl. The quantitative estimate of drug-likeness (QED) is 0.868. The van der Waals surface area contributed by atoms with Crippen molar-refractivity contribution in [2.45, 2.75) is 32.9 Å². The lowest BCUT2D eigenvalue weighted by Crippen LogP contribution is -2.52. The maximum atomic E-state index is 11.9. The van der Waals surface area contributed by atoms with Crippen LogP contribution in [0.2, 0.25) is 0 Å². The molecule has 0 saturated carbocycles. The fraction of sp³-hybridized carbons (Fsp3) is 0.643. The van der Waals surface area contributed by atoms with Gasteiger partial charge in [0.1, 0.15) is 0 Å². The molecule has 1 fully saturated rings. The average molecular weight is 318 g/mol. The van der Waals surface area contributed by atoms with Crippen molar-refractivity contribution in [3.63, 3.8) is 0 Å². The molecule has 0 unspecified atom stereocenters. The number of carbonyl (C=O) groups excluding carboxylic acids is 1. The highest BCUT2D eigenvalue weighted by atomic mass is 35.5. The molecule has 2 N–H and O–H groups in total. The van der Waals surface area contributed by atoms with Crippen molar-refractivity contribution in [2.75, 3.05) is 26.2 Å². The van der Waals surface area contributed by atoms with Crippen LogP contribution in [0.4, 0.5) is 0 Å². The number of thiophene rings is 1. The van der Waals surface area contributed by atoms with Gasteiger partial charge in [0.05, 0.1) is 13.1 Å². The molecule has 6 heteroatoms. The molecule has 1 aliphatic rings. The predicted molar refractivity (Wildman–Crippen MR) is 86.7 cm³/mol. The molecule has 0 aromatic carbocycles. The molecule has 1 aromatic rings. The van der Waals surface area contributed by atoms with E-state index in [2.05, 4.69) is 41.5 Å². The van der Waals surface area contributed by atoms with E-state index in [1.54, 1.807) is 11.3 Å². The molecule has 114 valence electrons. The lowest BCUT2D eigenvalue weighted by Gasteiger charge is -2.33. The molecule has 1 saturated heterocycles. The lowest BCUT2D eigenvalue weighted by molar-refractivity contribution is -0.123. The molecular weight excluding hydrogens is 294 g/mol. The Bertz CT molecular complexity index is 424. The van der Waals surface area contributed by atoms with Gasteiger partial charge in [-0.05, 0) is 25.5 Å². The monoisotopic (exact) mass is 317 g/mol. The second-order valence-electron chi connectivity index (χ2n) is 5.02. The standard InChI is InChI=1S/C14H23N3OS.ClH/c1-3-12-4-5-13(19-12)9-16-14(18)10-17-7-6-15-8-11(17)2;/h4-5,11,15H,3,6-10H2,1-2H3,(H,16,18);1H/t11-;/m1./s1. The third-order valence-electron chi connectivity index (χ3n) is 3.51. The average Bonchev–Trinajstić information content (AvgIpc) is 2.87. The Balaban J connectivity index is 0.00000200. The van der Waals surface area contributed by atoms with Crippen molar-refractivity contribution >= 4 is 29.7 Å². The van der Waals surface area contributed by atoms with E-state index in [4.69, 9.17) is 0 Å². The van der Waals surface area contributed by atoms with Crippen LogP contribution in [-0.2, 0) is 17.8 Å². The first-order chi connectivity index (χ1) is 9.19. The number of amides is 1. The smallest absolute Gasteiger partial charge is 0.234 e. The summed E-state index contributed by atoms with van der Waals surface area (Å²) in [5.74, 6) is 0.125. The summed E-state index contributed by atoms with van der Waals surface area (Å²) in [5, 5.41) is 6.35. The number of halogens is 1. The van der Waals surface area contributed by atoms with Crippen molar-refractivity contribution < 1.29 is 4.79 Å². The lowest BCUT2D eigenvalue weighted by atomic mass is 10.2. The van der Waals surface area contributed by atoms with Gasteiger partial charge in [0.15, 0.2) is 0 Å². The summed E-state index contributed by atoms with van der Waals surface area (Å²) in [7, 11) is 0. The van der Waals surface area contributed by atoms with Crippen LogP contribution in [0, 0.1) is 0 Å². The highest BCUT2D eigenvalue weighted by molar-refractivity contribution is 7.11. The molecule has 1 aliphatic heterocycles.